The molecule has 14 heavy (non-hydrogen) atoms. The first-order valence-electron chi connectivity index (χ1n) is 5.82. The van der Waals surface area contributed by atoms with Gasteiger partial charge in [-0.1, -0.05) is 39.0 Å². The number of aryl methyl sites for hydroxylation is 1. The van der Waals surface area contributed by atoms with Gasteiger partial charge in [-0.2, -0.15) is 0 Å². The minimum atomic E-state index is 0.826. The molecule has 1 aromatic rings. The molecule has 0 bridgehead atoms. The zero-order valence-corrected chi connectivity index (χ0v) is 9.51. The average Bonchev–Trinajstić information content (AvgIpc) is 2.60. The van der Waals surface area contributed by atoms with Crippen LogP contribution in [-0.4, -0.2) is 0 Å². The topological polar surface area (TPSA) is 0 Å². The minimum Gasteiger partial charge on any atom is -0.0625 e. The number of hydrogen-bond donors (Lipinski definition) is 0. The van der Waals surface area contributed by atoms with Crippen LogP contribution in [0.2, 0.25) is 0 Å². The molecule has 2 rings (SSSR count). The summed E-state index contributed by atoms with van der Waals surface area (Å²) < 4.78 is 0. The van der Waals surface area contributed by atoms with Crippen LogP contribution in [-0.2, 0) is 19.3 Å². The van der Waals surface area contributed by atoms with E-state index in [9.17, 15) is 0 Å². The zero-order valence-electron chi connectivity index (χ0n) is 9.51. The Hall–Kier alpha value is -0.780. The van der Waals surface area contributed by atoms with Crippen molar-refractivity contribution in [2.45, 2.75) is 40.0 Å². The Morgan fingerprint density at radius 2 is 2.07 bits per heavy atom. The maximum Gasteiger partial charge on any atom is -0.0239 e. The lowest BCUT2D eigenvalue weighted by Crippen LogP contribution is -2.07. The van der Waals surface area contributed by atoms with Gasteiger partial charge in [0, 0.05) is 0 Å². The van der Waals surface area contributed by atoms with Gasteiger partial charge in [-0.3, -0.25) is 0 Å². The van der Waals surface area contributed by atoms with Crippen molar-refractivity contribution in [3.05, 3.63) is 34.9 Å². The molecule has 0 heterocycles. The molecule has 1 atom stereocenters. The van der Waals surface area contributed by atoms with E-state index >= 15 is 0 Å². The number of benzene rings is 1. The minimum absolute atomic E-state index is 0.826. The molecular formula is C14H20. The van der Waals surface area contributed by atoms with Gasteiger partial charge in [0.1, 0.15) is 0 Å². The number of fused-ring (bicyclic) bond motifs is 1. The van der Waals surface area contributed by atoms with Crippen molar-refractivity contribution in [3.63, 3.8) is 0 Å². The monoisotopic (exact) mass is 188 g/mol. The highest BCUT2D eigenvalue weighted by atomic mass is 14.3. The molecule has 0 N–H and O–H groups in total. The van der Waals surface area contributed by atoms with Crippen molar-refractivity contribution in [2.24, 2.45) is 11.8 Å². The van der Waals surface area contributed by atoms with E-state index in [2.05, 4.69) is 39.0 Å². The van der Waals surface area contributed by atoms with Gasteiger partial charge in [0.25, 0.3) is 0 Å². The van der Waals surface area contributed by atoms with Crippen molar-refractivity contribution in [1.82, 2.24) is 0 Å². The van der Waals surface area contributed by atoms with Crippen LogP contribution in [0.15, 0.2) is 18.2 Å². The van der Waals surface area contributed by atoms with E-state index in [4.69, 9.17) is 0 Å². The van der Waals surface area contributed by atoms with Crippen molar-refractivity contribution < 1.29 is 0 Å². The standard InChI is InChI=1S/C14H20/c1-4-11-6-5-7-12-8-13(10(2)3)9-14(11)12/h5-7,10,13H,4,8-9H2,1-3H3. The highest BCUT2D eigenvalue weighted by molar-refractivity contribution is 5.39. The van der Waals surface area contributed by atoms with Crippen molar-refractivity contribution in [1.29, 1.82) is 0 Å². The van der Waals surface area contributed by atoms with E-state index < -0.39 is 0 Å². The van der Waals surface area contributed by atoms with Gasteiger partial charge in [-0.05, 0) is 47.8 Å². The fourth-order valence-electron chi connectivity index (χ4n) is 2.56. The Bertz CT molecular complexity index is 323. The van der Waals surface area contributed by atoms with Crippen LogP contribution in [0.4, 0.5) is 0 Å². The van der Waals surface area contributed by atoms with Crippen LogP contribution >= 0.6 is 0 Å². The molecule has 0 fully saturated rings. The van der Waals surface area contributed by atoms with E-state index in [1.54, 1.807) is 16.7 Å². The predicted molar refractivity (Wildman–Crippen MR) is 61.6 cm³/mol. The Morgan fingerprint density at radius 1 is 1.29 bits per heavy atom. The second-order valence-corrected chi connectivity index (χ2v) is 4.82. The molecular weight excluding hydrogens is 168 g/mol. The highest BCUT2D eigenvalue weighted by Gasteiger charge is 2.24. The third kappa shape index (κ3) is 1.58. The lowest BCUT2D eigenvalue weighted by molar-refractivity contribution is 0.403. The maximum absolute atomic E-state index is 2.35. The van der Waals surface area contributed by atoms with Crippen LogP contribution in [0.5, 0.6) is 0 Å². The van der Waals surface area contributed by atoms with Gasteiger partial charge in [0.15, 0.2) is 0 Å². The van der Waals surface area contributed by atoms with Gasteiger partial charge in [0.2, 0.25) is 0 Å². The molecule has 1 unspecified atom stereocenters. The first kappa shape index (κ1) is 9.76. The second-order valence-electron chi connectivity index (χ2n) is 4.82. The maximum atomic E-state index is 2.35. The molecule has 0 aromatic heterocycles. The smallest absolute Gasteiger partial charge is 0.0239 e. The van der Waals surface area contributed by atoms with E-state index in [-0.39, 0.29) is 0 Å². The van der Waals surface area contributed by atoms with Crippen molar-refractivity contribution in [3.8, 4) is 0 Å². The molecule has 0 saturated carbocycles. The van der Waals surface area contributed by atoms with Crippen LogP contribution in [0, 0.1) is 11.8 Å². The average molecular weight is 188 g/mol. The summed E-state index contributed by atoms with van der Waals surface area (Å²) in [6.45, 7) is 6.96. The SMILES string of the molecule is CCc1cccc2c1CC(C(C)C)C2. The first-order valence-corrected chi connectivity index (χ1v) is 5.82. The lowest BCUT2D eigenvalue weighted by Gasteiger charge is -2.12. The molecule has 1 aromatic carbocycles. The van der Waals surface area contributed by atoms with Crippen molar-refractivity contribution >= 4 is 0 Å². The van der Waals surface area contributed by atoms with Gasteiger partial charge in [0.05, 0.1) is 0 Å². The summed E-state index contributed by atoms with van der Waals surface area (Å²) in [7, 11) is 0. The molecule has 0 spiro atoms. The van der Waals surface area contributed by atoms with Crippen LogP contribution < -0.4 is 0 Å². The second kappa shape index (κ2) is 3.76. The summed E-state index contributed by atoms with van der Waals surface area (Å²) in [6.07, 6.45) is 3.81. The van der Waals surface area contributed by atoms with E-state index in [1.807, 2.05) is 0 Å². The molecule has 0 heteroatoms. The molecule has 1 aliphatic carbocycles. The molecule has 0 nitrogen and oxygen atoms in total. The molecule has 0 saturated heterocycles. The van der Waals surface area contributed by atoms with Gasteiger partial charge in [-0.15, -0.1) is 0 Å². The van der Waals surface area contributed by atoms with Gasteiger partial charge < -0.3 is 0 Å². The normalized spacial score (nSPS) is 20.1. The fraction of sp³-hybridized carbons (Fsp3) is 0.571. The summed E-state index contributed by atoms with van der Waals surface area (Å²) >= 11 is 0. The van der Waals surface area contributed by atoms with Crippen molar-refractivity contribution in [2.75, 3.05) is 0 Å². The summed E-state index contributed by atoms with van der Waals surface area (Å²) in [6, 6.07) is 6.83. The quantitative estimate of drug-likeness (QED) is 0.665. The first-order chi connectivity index (χ1) is 6.72. The number of rotatable bonds is 2. The Morgan fingerprint density at radius 3 is 2.71 bits per heavy atom. The third-order valence-corrected chi connectivity index (χ3v) is 3.64. The highest BCUT2D eigenvalue weighted by Crippen LogP contribution is 2.33. The van der Waals surface area contributed by atoms with Gasteiger partial charge >= 0.3 is 0 Å². The third-order valence-electron chi connectivity index (χ3n) is 3.64. The molecule has 0 aliphatic heterocycles. The molecule has 1 aliphatic rings. The lowest BCUT2D eigenvalue weighted by atomic mass is 9.93. The van der Waals surface area contributed by atoms with E-state index in [0.29, 0.717) is 0 Å². The summed E-state index contributed by atoms with van der Waals surface area (Å²) in [4.78, 5) is 0. The zero-order chi connectivity index (χ0) is 10.1. The van der Waals surface area contributed by atoms with Gasteiger partial charge in [-0.25, -0.2) is 0 Å². The Labute approximate surface area is 87.3 Å². The summed E-state index contributed by atoms with van der Waals surface area (Å²) in [5.41, 5.74) is 4.85. The largest absolute Gasteiger partial charge is 0.0625 e. The number of hydrogen-bond acceptors (Lipinski definition) is 0. The Balaban J connectivity index is 2.30. The van der Waals surface area contributed by atoms with Crippen LogP contribution in [0.1, 0.15) is 37.5 Å². The fourth-order valence-corrected chi connectivity index (χ4v) is 2.56. The summed E-state index contributed by atoms with van der Waals surface area (Å²) in [5, 5.41) is 0. The molecule has 0 amide bonds. The van der Waals surface area contributed by atoms with Crippen LogP contribution in [0.3, 0.4) is 0 Å². The Kier molecular flexibility index (Phi) is 2.62. The van der Waals surface area contributed by atoms with E-state index in [1.165, 1.54) is 19.3 Å². The van der Waals surface area contributed by atoms with E-state index in [0.717, 1.165) is 11.8 Å². The molecule has 0 radical (unpaired) electrons. The van der Waals surface area contributed by atoms with Crippen LogP contribution in [0.25, 0.3) is 0 Å². The molecule has 76 valence electrons. The summed E-state index contributed by atoms with van der Waals surface area (Å²) in [5.74, 6) is 1.71. The predicted octanol–water partition coefficient (Wildman–Crippen LogP) is 3.62.